The molecule has 8 nitrogen and oxygen atoms in total. The number of anilines is 1. The van der Waals surface area contributed by atoms with Gasteiger partial charge in [0.15, 0.2) is 5.65 Å². The lowest BCUT2D eigenvalue weighted by molar-refractivity contribution is 0.0871. The molecule has 3 aromatic heterocycles. The Hall–Kier alpha value is -3.00. The molecule has 0 spiro atoms. The van der Waals surface area contributed by atoms with Gasteiger partial charge in [0, 0.05) is 25.1 Å². The summed E-state index contributed by atoms with van der Waals surface area (Å²) < 4.78 is 1.54. The van der Waals surface area contributed by atoms with Gasteiger partial charge in [0.2, 0.25) is 0 Å². The highest BCUT2D eigenvalue weighted by molar-refractivity contribution is 6.00. The van der Waals surface area contributed by atoms with Gasteiger partial charge in [-0.15, -0.1) is 0 Å². The van der Waals surface area contributed by atoms with Crippen LogP contribution in [0, 0.1) is 0 Å². The van der Waals surface area contributed by atoms with Gasteiger partial charge in [-0.2, -0.15) is 5.10 Å². The van der Waals surface area contributed by atoms with E-state index < -0.39 is 5.54 Å². The Morgan fingerprint density at radius 2 is 2.16 bits per heavy atom. The molecule has 3 heterocycles. The molecule has 25 heavy (non-hydrogen) atoms. The van der Waals surface area contributed by atoms with Crippen molar-refractivity contribution in [3.05, 3.63) is 54.1 Å². The van der Waals surface area contributed by atoms with Crippen molar-refractivity contribution in [1.29, 1.82) is 0 Å². The third-order valence-electron chi connectivity index (χ3n) is 3.66. The van der Waals surface area contributed by atoms with Gasteiger partial charge >= 0.3 is 0 Å². The molecule has 0 saturated heterocycles. The number of fused-ring (bicyclic) bond motifs is 1. The number of carbonyl (C=O) groups is 1. The van der Waals surface area contributed by atoms with Gasteiger partial charge in [-0.25, -0.2) is 9.50 Å². The van der Waals surface area contributed by atoms with Crippen LogP contribution in [0.25, 0.3) is 5.65 Å². The van der Waals surface area contributed by atoms with Crippen LogP contribution in [0.3, 0.4) is 0 Å². The quantitative estimate of drug-likeness (QED) is 0.623. The smallest absolute Gasteiger partial charge is 0.257 e. The first-order valence-electron chi connectivity index (χ1n) is 7.89. The number of nitrogens with one attached hydrogen (secondary N) is 2. The zero-order valence-corrected chi connectivity index (χ0v) is 14.1. The summed E-state index contributed by atoms with van der Waals surface area (Å²) in [6.07, 6.45) is 6.71. The summed E-state index contributed by atoms with van der Waals surface area (Å²) in [6.45, 7) is 3.89. The molecule has 0 atom stereocenters. The van der Waals surface area contributed by atoms with E-state index in [0.717, 1.165) is 5.56 Å². The molecule has 0 aliphatic heterocycles. The number of aliphatic hydroxyl groups is 1. The Balaban J connectivity index is 1.80. The topological polar surface area (TPSA) is 104 Å². The number of amides is 1. The molecule has 0 radical (unpaired) electrons. The summed E-state index contributed by atoms with van der Waals surface area (Å²) in [5.74, 6) is 0.304. The van der Waals surface area contributed by atoms with Gasteiger partial charge in [0.1, 0.15) is 11.4 Å². The van der Waals surface area contributed by atoms with Crippen LogP contribution in [-0.4, -0.2) is 42.7 Å². The molecule has 0 unspecified atom stereocenters. The number of aromatic nitrogens is 4. The number of aliphatic hydroxyl groups excluding tert-OH is 1. The lowest BCUT2D eigenvalue weighted by Gasteiger charge is -2.22. The molecule has 0 aliphatic carbocycles. The van der Waals surface area contributed by atoms with Crippen molar-refractivity contribution in [3.8, 4) is 0 Å². The number of pyridine rings is 1. The lowest BCUT2D eigenvalue weighted by atomic mass is 10.1. The molecule has 0 bridgehead atoms. The van der Waals surface area contributed by atoms with Crippen molar-refractivity contribution in [2.24, 2.45) is 0 Å². The second kappa shape index (κ2) is 6.86. The molecule has 3 rings (SSSR count). The number of carbonyl (C=O) groups excluding carboxylic acids is 1. The first-order valence-corrected chi connectivity index (χ1v) is 7.89. The monoisotopic (exact) mass is 340 g/mol. The Bertz CT molecular complexity index is 875. The van der Waals surface area contributed by atoms with E-state index in [1.165, 1.54) is 10.7 Å². The SMILES string of the molecule is CC(C)(CO)NC(=O)c1cnn2ccc(NCc3cccnc3)nc12. The predicted molar refractivity (Wildman–Crippen MR) is 93.2 cm³/mol. The van der Waals surface area contributed by atoms with Crippen molar-refractivity contribution in [3.63, 3.8) is 0 Å². The van der Waals surface area contributed by atoms with Crippen LogP contribution in [0.1, 0.15) is 29.8 Å². The second-order valence-corrected chi connectivity index (χ2v) is 6.35. The van der Waals surface area contributed by atoms with Crippen molar-refractivity contribution < 1.29 is 9.90 Å². The lowest BCUT2D eigenvalue weighted by Crippen LogP contribution is -2.46. The maximum Gasteiger partial charge on any atom is 0.257 e. The van der Waals surface area contributed by atoms with Gasteiger partial charge in [0.25, 0.3) is 5.91 Å². The molecule has 3 N–H and O–H groups in total. The molecule has 130 valence electrons. The molecule has 3 aromatic rings. The van der Waals surface area contributed by atoms with E-state index in [-0.39, 0.29) is 12.5 Å². The number of rotatable bonds is 6. The number of hydrogen-bond acceptors (Lipinski definition) is 6. The average molecular weight is 340 g/mol. The summed E-state index contributed by atoms with van der Waals surface area (Å²) in [7, 11) is 0. The Labute approximate surface area is 144 Å². The molecular weight excluding hydrogens is 320 g/mol. The third kappa shape index (κ3) is 3.92. The minimum absolute atomic E-state index is 0.163. The first-order chi connectivity index (χ1) is 12.0. The predicted octanol–water partition coefficient (Wildman–Crippen LogP) is 1.24. The van der Waals surface area contributed by atoms with Crippen LogP contribution < -0.4 is 10.6 Å². The van der Waals surface area contributed by atoms with E-state index in [2.05, 4.69) is 25.7 Å². The zero-order valence-electron chi connectivity index (χ0n) is 14.1. The van der Waals surface area contributed by atoms with Crippen molar-refractivity contribution in [1.82, 2.24) is 24.9 Å². The van der Waals surface area contributed by atoms with Crippen molar-refractivity contribution in [2.75, 3.05) is 11.9 Å². The molecule has 0 fully saturated rings. The van der Waals surface area contributed by atoms with Crippen molar-refractivity contribution in [2.45, 2.75) is 25.9 Å². The Morgan fingerprint density at radius 1 is 1.32 bits per heavy atom. The molecular formula is C17H20N6O2. The van der Waals surface area contributed by atoms with Crippen molar-refractivity contribution >= 4 is 17.4 Å². The van der Waals surface area contributed by atoms with Crippen LogP contribution in [0.2, 0.25) is 0 Å². The van der Waals surface area contributed by atoms with E-state index in [1.807, 2.05) is 12.1 Å². The van der Waals surface area contributed by atoms with E-state index >= 15 is 0 Å². The van der Waals surface area contributed by atoms with Gasteiger partial charge in [-0.3, -0.25) is 9.78 Å². The standard InChI is InChI=1S/C17H20N6O2/c1-17(2,11-24)22-16(25)13-10-20-23-7-5-14(21-15(13)23)19-9-12-4-3-6-18-8-12/h3-8,10,24H,9,11H2,1-2H3,(H,19,21)(H,22,25). The molecule has 0 aliphatic rings. The zero-order chi connectivity index (χ0) is 17.9. The fourth-order valence-corrected chi connectivity index (χ4v) is 2.24. The van der Waals surface area contributed by atoms with E-state index in [0.29, 0.717) is 23.6 Å². The largest absolute Gasteiger partial charge is 0.394 e. The van der Waals surface area contributed by atoms with Crippen LogP contribution in [0.15, 0.2) is 43.0 Å². The molecule has 0 saturated carbocycles. The van der Waals surface area contributed by atoms with Crippen LogP contribution in [0.4, 0.5) is 5.82 Å². The normalized spacial score (nSPS) is 11.5. The highest BCUT2D eigenvalue weighted by atomic mass is 16.3. The fourth-order valence-electron chi connectivity index (χ4n) is 2.24. The summed E-state index contributed by atoms with van der Waals surface area (Å²) in [4.78, 5) is 21.0. The number of nitrogens with zero attached hydrogens (tertiary/aromatic N) is 4. The highest BCUT2D eigenvalue weighted by Crippen LogP contribution is 2.14. The van der Waals surface area contributed by atoms with E-state index in [9.17, 15) is 9.90 Å². The van der Waals surface area contributed by atoms with Gasteiger partial charge in [0.05, 0.1) is 18.3 Å². The summed E-state index contributed by atoms with van der Waals surface area (Å²) in [6, 6.07) is 5.62. The minimum Gasteiger partial charge on any atom is -0.394 e. The van der Waals surface area contributed by atoms with Gasteiger partial charge in [-0.05, 0) is 31.5 Å². The van der Waals surface area contributed by atoms with E-state index in [1.54, 1.807) is 38.5 Å². The maximum absolute atomic E-state index is 12.4. The van der Waals surface area contributed by atoms with Crippen LogP contribution in [0.5, 0.6) is 0 Å². The third-order valence-corrected chi connectivity index (χ3v) is 3.66. The fraction of sp³-hybridized carbons (Fsp3) is 0.294. The summed E-state index contributed by atoms with van der Waals surface area (Å²) in [5.41, 5.74) is 1.11. The molecule has 0 aromatic carbocycles. The highest BCUT2D eigenvalue weighted by Gasteiger charge is 2.22. The average Bonchev–Trinajstić information content (AvgIpc) is 3.04. The van der Waals surface area contributed by atoms with Gasteiger partial charge in [-0.1, -0.05) is 6.07 Å². The molecule has 1 amide bonds. The maximum atomic E-state index is 12.4. The minimum atomic E-state index is -0.721. The Kier molecular flexibility index (Phi) is 4.62. The van der Waals surface area contributed by atoms with Crippen LogP contribution in [-0.2, 0) is 6.54 Å². The van der Waals surface area contributed by atoms with Crippen LogP contribution >= 0.6 is 0 Å². The second-order valence-electron chi connectivity index (χ2n) is 6.35. The first kappa shape index (κ1) is 16.8. The summed E-state index contributed by atoms with van der Waals surface area (Å²) >= 11 is 0. The van der Waals surface area contributed by atoms with E-state index in [4.69, 9.17) is 0 Å². The van der Waals surface area contributed by atoms with Gasteiger partial charge < -0.3 is 15.7 Å². The summed E-state index contributed by atoms with van der Waals surface area (Å²) in [5, 5.41) is 19.4. The molecule has 8 heteroatoms. The Morgan fingerprint density at radius 3 is 2.88 bits per heavy atom. The number of hydrogen-bond donors (Lipinski definition) is 3.